The molecule has 0 bridgehead atoms. The van der Waals surface area contributed by atoms with Crippen molar-refractivity contribution in [3.05, 3.63) is 101 Å². The molecule has 5 nitrogen and oxygen atoms in total. The van der Waals surface area contributed by atoms with E-state index in [1.165, 1.54) is 0 Å². The van der Waals surface area contributed by atoms with Crippen molar-refractivity contribution in [1.29, 1.82) is 0 Å². The van der Waals surface area contributed by atoms with Crippen LogP contribution in [0.25, 0.3) is 0 Å². The lowest BCUT2D eigenvalue weighted by molar-refractivity contribution is -0.142. The van der Waals surface area contributed by atoms with Crippen LogP contribution in [0.2, 0.25) is 5.02 Å². The Balaban J connectivity index is 1.90. The van der Waals surface area contributed by atoms with Crippen LogP contribution < -0.4 is 10.1 Å². The lowest BCUT2D eigenvalue weighted by Crippen LogP contribution is -2.52. The molecule has 3 aromatic carbocycles. The highest BCUT2D eigenvalue weighted by molar-refractivity contribution is 6.30. The van der Waals surface area contributed by atoms with Crippen LogP contribution >= 0.6 is 11.6 Å². The average Bonchev–Trinajstić information content (AvgIpc) is 2.85. The first-order chi connectivity index (χ1) is 16.8. The molecule has 2 amide bonds. The van der Waals surface area contributed by atoms with Gasteiger partial charge in [0.2, 0.25) is 5.91 Å². The molecule has 0 aliphatic heterocycles. The number of rotatable bonds is 11. The normalized spacial score (nSPS) is 11.7. The van der Waals surface area contributed by atoms with Gasteiger partial charge in [-0.05, 0) is 53.8 Å². The van der Waals surface area contributed by atoms with Crippen molar-refractivity contribution in [2.24, 2.45) is 5.92 Å². The minimum absolute atomic E-state index is 0.170. The Labute approximate surface area is 213 Å². The number of aryl methyl sites for hydroxylation is 1. The third-order valence-electron chi connectivity index (χ3n) is 5.73. The summed E-state index contributed by atoms with van der Waals surface area (Å²) in [6, 6.07) is 23.9. The number of carbonyl (C=O) groups is 2. The summed E-state index contributed by atoms with van der Waals surface area (Å²) in [6.45, 7) is 6.76. The van der Waals surface area contributed by atoms with Crippen LogP contribution in [0.1, 0.15) is 30.5 Å². The summed E-state index contributed by atoms with van der Waals surface area (Å²) in [5, 5.41) is 3.62. The Bertz CT molecular complexity index is 1100. The molecule has 0 aliphatic rings. The first-order valence-electron chi connectivity index (χ1n) is 11.9. The van der Waals surface area contributed by atoms with Gasteiger partial charge in [0.15, 0.2) is 6.61 Å². The Morgan fingerprint density at radius 1 is 0.943 bits per heavy atom. The van der Waals surface area contributed by atoms with Gasteiger partial charge < -0.3 is 15.0 Å². The van der Waals surface area contributed by atoms with Gasteiger partial charge in [0.1, 0.15) is 11.8 Å². The first kappa shape index (κ1) is 26.3. The minimum Gasteiger partial charge on any atom is -0.484 e. The van der Waals surface area contributed by atoms with Crippen LogP contribution in [-0.2, 0) is 22.6 Å². The van der Waals surface area contributed by atoms with Crippen molar-refractivity contribution < 1.29 is 14.3 Å². The quantitative estimate of drug-likeness (QED) is 0.387. The first-order valence-corrected chi connectivity index (χ1v) is 12.2. The minimum atomic E-state index is -0.683. The van der Waals surface area contributed by atoms with E-state index >= 15 is 0 Å². The maximum absolute atomic E-state index is 13.6. The Morgan fingerprint density at radius 2 is 1.60 bits per heavy atom. The van der Waals surface area contributed by atoms with Gasteiger partial charge in [-0.1, -0.05) is 80.0 Å². The molecule has 35 heavy (non-hydrogen) atoms. The SMILES string of the molecule is Cc1ccccc1CN(C(=O)COc1ccc(Cl)cc1)[C@@H](Cc1ccccc1)C(=O)NCC(C)C. The van der Waals surface area contributed by atoms with Crippen LogP contribution in [0.4, 0.5) is 0 Å². The number of ether oxygens (including phenoxy) is 1. The predicted octanol–water partition coefficient (Wildman–Crippen LogP) is 5.44. The molecular formula is C29H33ClN2O3. The third kappa shape index (κ3) is 8.15. The molecule has 6 heteroatoms. The van der Waals surface area contributed by atoms with Crippen molar-refractivity contribution in [3.8, 4) is 5.75 Å². The Kier molecular flexibility index (Phi) is 9.74. The van der Waals surface area contributed by atoms with Crippen molar-refractivity contribution >= 4 is 23.4 Å². The van der Waals surface area contributed by atoms with E-state index in [4.69, 9.17) is 16.3 Å². The lowest BCUT2D eigenvalue weighted by Gasteiger charge is -2.32. The van der Waals surface area contributed by atoms with Crippen molar-refractivity contribution in [3.63, 3.8) is 0 Å². The maximum atomic E-state index is 13.6. The van der Waals surface area contributed by atoms with E-state index in [2.05, 4.69) is 5.32 Å². The molecule has 0 saturated heterocycles. The van der Waals surface area contributed by atoms with E-state index in [9.17, 15) is 9.59 Å². The standard InChI is InChI=1S/C29H33ClN2O3/c1-21(2)18-31-29(34)27(17-23-10-5-4-6-11-23)32(19-24-12-8-7-9-22(24)3)28(33)20-35-26-15-13-25(30)14-16-26/h4-16,21,27H,17-20H2,1-3H3,(H,31,34)/t27-/m0/s1. The van der Waals surface area contributed by atoms with Crippen LogP contribution in [0.15, 0.2) is 78.9 Å². The molecule has 0 fully saturated rings. The van der Waals surface area contributed by atoms with Crippen molar-refractivity contribution in [2.45, 2.75) is 39.8 Å². The molecular weight excluding hydrogens is 460 g/mol. The molecule has 0 unspecified atom stereocenters. The highest BCUT2D eigenvalue weighted by Gasteiger charge is 2.31. The van der Waals surface area contributed by atoms with Gasteiger partial charge in [-0.15, -0.1) is 0 Å². The second-order valence-corrected chi connectivity index (χ2v) is 9.47. The average molecular weight is 493 g/mol. The number of nitrogens with zero attached hydrogens (tertiary/aromatic N) is 1. The summed E-state index contributed by atoms with van der Waals surface area (Å²) >= 11 is 5.96. The maximum Gasteiger partial charge on any atom is 0.261 e. The summed E-state index contributed by atoms with van der Waals surface area (Å²) in [6.07, 6.45) is 0.406. The molecule has 0 spiro atoms. The third-order valence-corrected chi connectivity index (χ3v) is 5.99. The van der Waals surface area contributed by atoms with Gasteiger partial charge in [0.25, 0.3) is 5.91 Å². The number of halogens is 1. The van der Waals surface area contributed by atoms with Crippen molar-refractivity contribution in [1.82, 2.24) is 10.2 Å². The highest BCUT2D eigenvalue weighted by Crippen LogP contribution is 2.19. The second kappa shape index (κ2) is 13.0. The zero-order valence-corrected chi connectivity index (χ0v) is 21.3. The molecule has 0 aromatic heterocycles. The predicted molar refractivity (Wildman–Crippen MR) is 140 cm³/mol. The van der Waals surface area contributed by atoms with Gasteiger partial charge in [-0.3, -0.25) is 9.59 Å². The zero-order valence-electron chi connectivity index (χ0n) is 20.5. The molecule has 0 radical (unpaired) electrons. The molecule has 1 atom stereocenters. The molecule has 184 valence electrons. The van der Waals surface area contributed by atoms with E-state index in [0.29, 0.717) is 36.2 Å². The molecule has 0 saturated carbocycles. The summed E-state index contributed by atoms with van der Waals surface area (Å²) in [5.74, 6) is 0.410. The van der Waals surface area contributed by atoms with Gasteiger partial charge >= 0.3 is 0 Å². The van der Waals surface area contributed by atoms with Crippen LogP contribution in [-0.4, -0.2) is 35.9 Å². The van der Waals surface area contributed by atoms with E-state index in [-0.39, 0.29) is 18.4 Å². The van der Waals surface area contributed by atoms with Gasteiger partial charge in [-0.25, -0.2) is 0 Å². The molecule has 3 rings (SSSR count). The zero-order chi connectivity index (χ0) is 25.2. The van der Waals surface area contributed by atoms with Crippen LogP contribution in [0.3, 0.4) is 0 Å². The number of nitrogens with one attached hydrogen (secondary N) is 1. The van der Waals surface area contributed by atoms with Crippen molar-refractivity contribution in [2.75, 3.05) is 13.2 Å². The number of carbonyl (C=O) groups excluding carboxylic acids is 2. The van der Waals surface area contributed by atoms with Crippen LogP contribution in [0, 0.1) is 12.8 Å². The number of benzene rings is 3. The fourth-order valence-electron chi connectivity index (χ4n) is 3.71. The fourth-order valence-corrected chi connectivity index (χ4v) is 3.83. The van der Waals surface area contributed by atoms with Gasteiger partial charge in [-0.2, -0.15) is 0 Å². The lowest BCUT2D eigenvalue weighted by atomic mass is 10.0. The monoisotopic (exact) mass is 492 g/mol. The summed E-state index contributed by atoms with van der Waals surface area (Å²) in [4.78, 5) is 28.6. The second-order valence-electron chi connectivity index (χ2n) is 9.04. The fraction of sp³-hybridized carbons (Fsp3) is 0.310. The molecule has 0 heterocycles. The molecule has 1 N–H and O–H groups in total. The molecule has 0 aliphatic carbocycles. The molecule has 3 aromatic rings. The summed E-state index contributed by atoms with van der Waals surface area (Å²) < 4.78 is 5.77. The summed E-state index contributed by atoms with van der Waals surface area (Å²) in [5.41, 5.74) is 3.03. The van der Waals surface area contributed by atoms with Gasteiger partial charge in [0, 0.05) is 24.5 Å². The van der Waals surface area contributed by atoms with Crippen LogP contribution in [0.5, 0.6) is 5.75 Å². The smallest absolute Gasteiger partial charge is 0.261 e. The van der Waals surface area contributed by atoms with Gasteiger partial charge in [0.05, 0.1) is 0 Å². The highest BCUT2D eigenvalue weighted by atomic mass is 35.5. The number of hydrogen-bond acceptors (Lipinski definition) is 3. The number of amides is 2. The van der Waals surface area contributed by atoms with E-state index in [1.807, 2.05) is 75.4 Å². The van der Waals surface area contributed by atoms with E-state index in [0.717, 1.165) is 16.7 Å². The van der Waals surface area contributed by atoms with E-state index in [1.54, 1.807) is 29.2 Å². The Hall–Kier alpha value is -3.31. The summed E-state index contributed by atoms with van der Waals surface area (Å²) in [7, 11) is 0. The largest absolute Gasteiger partial charge is 0.484 e. The number of hydrogen-bond donors (Lipinski definition) is 1. The topological polar surface area (TPSA) is 58.6 Å². The van der Waals surface area contributed by atoms with E-state index < -0.39 is 6.04 Å². The Morgan fingerprint density at radius 3 is 2.26 bits per heavy atom.